The van der Waals surface area contributed by atoms with Crippen molar-refractivity contribution in [3.05, 3.63) is 59.2 Å². The number of hydrogen-bond acceptors (Lipinski definition) is 3. The summed E-state index contributed by atoms with van der Waals surface area (Å²) >= 11 is 0. The SMILES string of the molecule is COc1cc2c(cc1OC)C(C)NC(c1ccccc1)C2. The average Bonchev–Trinajstić information content (AvgIpc) is 2.54. The Morgan fingerprint density at radius 3 is 2.33 bits per heavy atom. The van der Waals surface area contributed by atoms with E-state index in [1.807, 2.05) is 0 Å². The van der Waals surface area contributed by atoms with Gasteiger partial charge in [0.15, 0.2) is 11.5 Å². The van der Waals surface area contributed by atoms with Gasteiger partial charge in [0.05, 0.1) is 14.2 Å². The zero-order valence-electron chi connectivity index (χ0n) is 12.7. The first-order valence-electron chi connectivity index (χ1n) is 7.28. The van der Waals surface area contributed by atoms with Crippen LogP contribution in [0, 0.1) is 0 Å². The van der Waals surface area contributed by atoms with E-state index in [2.05, 4.69) is 54.7 Å². The summed E-state index contributed by atoms with van der Waals surface area (Å²) in [4.78, 5) is 0. The lowest BCUT2D eigenvalue weighted by atomic mass is 9.87. The fourth-order valence-electron chi connectivity index (χ4n) is 3.09. The van der Waals surface area contributed by atoms with Crippen molar-refractivity contribution < 1.29 is 9.47 Å². The topological polar surface area (TPSA) is 30.5 Å². The van der Waals surface area contributed by atoms with Gasteiger partial charge in [0.25, 0.3) is 0 Å². The molecule has 0 aliphatic carbocycles. The van der Waals surface area contributed by atoms with Gasteiger partial charge in [-0.25, -0.2) is 0 Å². The van der Waals surface area contributed by atoms with E-state index >= 15 is 0 Å². The summed E-state index contributed by atoms with van der Waals surface area (Å²) in [6.45, 7) is 2.19. The highest BCUT2D eigenvalue weighted by atomic mass is 16.5. The predicted octanol–water partition coefficient (Wildman–Crippen LogP) is 3.65. The maximum atomic E-state index is 5.43. The Hall–Kier alpha value is -2.00. The molecule has 2 unspecified atom stereocenters. The molecule has 3 rings (SSSR count). The average molecular weight is 283 g/mol. The zero-order valence-corrected chi connectivity index (χ0v) is 12.7. The number of nitrogens with one attached hydrogen (secondary N) is 1. The van der Waals surface area contributed by atoms with Gasteiger partial charge >= 0.3 is 0 Å². The minimum absolute atomic E-state index is 0.291. The summed E-state index contributed by atoms with van der Waals surface area (Å²) in [5.41, 5.74) is 3.94. The number of hydrogen-bond donors (Lipinski definition) is 1. The molecule has 2 aromatic rings. The van der Waals surface area contributed by atoms with E-state index in [1.165, 1.54) is 16.7 Å². The Bertz CT molecular complexity index is 625. The summed E-state index contributed by atoms with van der Waals surface area (Å²) in [5, 5.41) is 3.68. The third-order valence-electron chi connectivity index (χ3n) is 4.19. The molecule has 0 fully saturated rings. The largest absolute Gasteiger partial charge is 0.493 e. The minimum Gasteiger partial charge on any atom is -0.493 e. The second-order valence-electron chi connectivity index (χ2n) is 5.46. The molecule has 0 radical (unpaired) electrons. The summed E-state index contributed by atoms with van der Waals surface area (Å²) in [5.74, 6) is 1.60. The Morgan fingerprint density at radius 1 is 1.00 bits per heavy atom. The molecule has 110 valence electrons. The van der Waals surface area contributed by atoms with Crippen LogP contribution in [0.1, 0.15) is 35.7 Å². The van der Waals surface area contributed by atoms with Gasteiger partial charge < -0.3 is 14.8 Å². The number of fused-ring (bicyclic) bond motifs is 1. The van der Waals surface area contributed by atoms with Gasteiger partial charge in [0.1, 0.15) is 0 Å². The van der Waals surface area contributed by atoms with Crippen LogP contribution in [0.2, 0.25) is 0 Å². The molecule has 3 nitrogen and oxygen atoms in total. The van der Waals surface area contributed by atoms with Gasteiger partial charge in [0, 0.05) is 12.1 Å². The molecule has 0 bridgehead atoms. The maximum absolute atomic E-state index is 5.43. The molecule has 1 aliphatic heterocycles. The van der Waals surface area contributed by atoms with Crippen LogP contribution in [0.5, 0.6) is 11.5 Å². The van der Waals surface area contributed by atoms with E-state index in [-0.39, 0.29) is 0 Å². The molecular formula is C18H21NO2. The molecule has 21 heavy (non-hydrogen) atoms. The monoisotopic (exact) mass is 283 g/mol. The fourth-order valence-corrected chi connectivity index (χ4v) is 3.09. The van der Waals surface area contributed by atoms with E-state index < -0.39 is 0 Å². The van der Waals surface area contributed by atoms with E-state index in [0.717, 1.165) is 17.9 Å². The fraction of sp³-hybridized carbons (Fsp3) is 0.333. The molecule has 3 heteroatoms. The molecule has 0 aromatic heterocycles. The van der Waals surface area contributed by atoms with Crippen LogP contribution in [0.4, 0.5) is 0 Å². The van der Waals surface area contributed by atoms with Crippen molar-refractivity contribution in [2.75, 3.05) is 14.2 Å². The van der Waals surface area contributed by atoms with Crippen molar-refractivity contribution in [3.8, 4) is 11.5 Å². The number of rotatable bonds is 3. The standard InChI is InChI=1S/C18H21NO2/c1-12-15-11-18(21-3)17(20-2)10-14(15)9-16(19-12)13-7-5-4-6-8-13/h4-8,10-12,16,19H,9H2,1-3H3. The highest BCUT2D eigenvalue weighted by molar-refractivity contribution is 5.50. The molecule has 2 atom stereocenters. The first-order chi connectivity index (χ1) is 10.2. The Balaban J connectivity index is 1.98. The maximum Gasteiger partial charge on any atom is 0.161 e. The summed E-state index contributed by atoms with van der Waals surface area (Å²) in [6.07, 6.45) is 0.962. The third-order valence-corrected chi connectivity index (χ3v) is 4.19. The lowest BCUT2D eigenvalue weighted by molar-refractivity contribution is 0.350. The second kappa shape index (κ2) is 5.78. The number of benzene rings is 2. The van der Waals surface area contributed by atoms with Crippen LogP contribution in [0.15, 0.2) is 42.5 Å². The molecular weight excluding hydrogens is 262 g/mol. The van der Waals surface area contributed by atoms with Crippen molar-refractivity contribution in [1.82, 2.24) is 5.32 Å². The molecule has 1 heterocycles. The number of methoxy groups -OCH3 is 2. The van der Waals surface area contributed by atoms with Gasteiger partial charge in [-0.3, -0.25) is 0 Å². The van der Waals surface area contributed by atoms with Crippen LogP contribution in [0.25, 0.3) is 0 Å². The third kappa shape index (κ3) is 2.61. The van der Waals surface area contributed by atoms with Crippen molar-refractivity contribution in [2.45, 2.75) is 25.4 Å². The normalized spacial score (nSPS) is 20.7. The van der Waals surface area contributed by atoms with Gasteiger partial charge in [-0.05, 0) is 42.2 Å². The highest BCUT2D eigenvalue weighted by Crippen LogP contribution is 2.38. The van der Waals surface area contributed by atoms with E-state index in [9.17, 15) is 0 Å². The van der Waals surface area contributed by atoms with Gasteiger partial charge in [-0.1, -0.05) is 30.3 Å². The van der Waals surface area contributed by atoms with Crippen molar-refractivity contribution >= 4 is 0 Å². The Kier molecular flexibility index (Phi) is 3.84. The molecule has 0 amide bonds. The van der Waals surface area contributed by atoms with Crippen LogP contribution in [-0.2, 0) is 6.42 Å². The van der Waals surface area contributed by atoms with E-state index in [0.29, 0.717) is 12.1 Å². The predicted molar refractivity (Wildman–Crippen MR) is 84.0 cm³/mol. The van der Waals surface area contributed by atoms with Gasteiger partial charge in [-0.15, -0.1) is 0 Å². The van der Waals surface area contributed by atoms with Crippen LogP contribution in [-0.4, -0.2) is 14.2 Å². The lowest BCUT2D eigenvalue weighted by Crippen LogP contribution is -2.31. The highest BCUT2D eigenvalue weighted by Gasteiger charge is 2.26. The zero-order chi connectivity index (χ0) is 14.8. The molecule has 1 N–H and O–H groups in total. The Morgan fingerprint density at radius 2 is 1.67 bits per heavy atom. The molecule has 2 aromatic carbocycles. The summed E-state index contributed by atoms with van der Waals surface area (Å²) in [7, 11) is 3.36. The van der Waals surface area contributed by atoms with Crippen molar-refractivity contribution in [3.63, 3.8) is 0 Å². The first kappa shape index (κ1) is 14.0. The molecule has 1 aliphatic rings. The van der Waals surface area contributed by atoms with Crippen LogP contribution >= 0.6 is 0 Å². The van der Waals surface area contributed by atoms with Gasteiger partial charge in [0.2, 0.25) is 0 Å². The second-order valence-corrected chi connectivity index (χ2v) is 5.46. The van der Waals surface area contributed by atoms with Crippen molar-refractivity contribution in [1.29, 1.82) is 0 Å². The smallest absolute Gasteiger partial charge is 0.161 e. The van der Waals surface area contributed by atoms with E-state index in [4.69, 9.17) is 9.47 Å². The molecule has 0 saturated heterocycles. The van der Waals surface area contributed by atoms with Crippen LogP contribution in [0.3, 0.4) is 0 Å². The first-order valence-corrected chi connectivity index (χ1v) is 7.28. The molecule has 0 spiro atoms. The quantitative estimate of drug-likeness (QED) is 0.932. The minimum atomic E-state index is 0.291. The summed E-state index contributed by atoms with van der Waals surface area (Å²) in [6, 6.07) is 15.4. The van der Waals surface area contributed by atoms with Crippen LogP contribution < -0.4 is 14.8 Å². The Labute approximate surface area is 125 Å². The number of ether oxygens (including phenoxy) is 2. The lowest BCUT2D eigenvalue weighted by Gasteiger charge is -2.32. The van der Waals surface area contributed by atoms with E-state index in [1.54, 1.807) is 14.2 Å². The molecule has 0 saturated carbocycles. The van der Waals surface area contributed by atoms with Gasteiger partial charge in [-0.2, -0.15) is 0 Å². The summed E-state index contributed by atoms with van der Waals surface area (Å²) < 4.78 is 10.8. The van der Waals surface area contributed by atoms with Crippen molar-refractivity contribution in [2.24, 2.45) is 0 Å².